The predicted molar refractivity (Wildman–Crippen MR) is 87.9 cm³/mol. The molecule has 0 spiro atoms. The molecule has 0 saturated heterocycles. The van der Waals surface area contributed by atoms with Crippen molar-refractivity contribution < 1.29 is 4.79 Å². The lowest BCUT2D eigenvalue weighted by Crippen LogP contribution is -2.17. The smallest absolute Gasteiger partial charge is 0.259 e. The molecule has 1 heterocycles. The van der Waals surface area contributed by atoms with Crippen LogP contribution in [0.1, 0.15) is 48.3 Å². The van der Waals surface area contributed by atoms with E-state index in [-0.39, 0.29) is 11.8 Å². The molecule has 2 rings (SSSR count). The Morgan fingerprint density at radius 2 is 2.14 bits per heavy atom. The van der Waals surface area contributed by atoms with Crippen LogP contribution in [0.25, 0.3) is 0 Å². The molecule has 1 aromatic carbocycles. The molecule has 0 aliphatic carbocycles. The number of anilines is 1. The van der Waals surface area contributed by atoms with Gasteiger partial charge in [-0.15, -0.1) is 0 Å². The molecule has 0 atom stereocenters. The fourth-order valence-corrected chi connectivity index (χ4v) is 2.20. The summed E-state index contributed by atoms with van der Waals surface area (Å²) in [6.45, 7) is 7.78. The number of benzene rings is 1. The Bertz CT molecular complexity index is 640. The van der Waals surface area contributed by atoms with Crippen molar-refractivity contribution in [3.8, 4) is 0 Å². The second kappa shape index (κ2) is 7.66. The monoisotopic (exact) mass is 298 g/mol. The minimum atomic E-state index is -0.176. The van der Waals surface area contributed by atoms with Gasteiger partial charge in [0.15, 0.2) is 0 Å². The Hall–Kier alpha value is -2.27. The van der Waals surface area contributed by atoms with Gasteiger partial charge in [-0.05, 0) is 30.2 Å². The van der Waals surface area contributed by atoms with Crippen molar-refractivity contribution in [3.63, 3.8) is 0 Å². The van der Waals surface area contributed by atoms with Crippen LogP contribution in [-0.4, -0.2) is 22.4 Å². The van der Waals surface area contributed by atoms with Crippen molar-refractivity contribution in [3.05, 3.63) is 53.6 Å². The van der Waals surface area contributed by atoms with Crippen molar-refractivity contribution in [2.45, 2.75) is 33.2 Å². The highest BCUT2D eigenvalue weighted by molar-refractivity contribution is 6.04. The number of carbonyl (C=O) groups is 1. The van der Waals surface area contributed by atoms with Crippen molar-refractivity contribution >= 4 is 11.6 Å². The van der Waals surface area contributed by atoms with Gasteiger partial charge in [-0.25, -0.2) is 9.97 Å². The first kappa shape index (κ1) is 16.1. The maximum Gasteiger partial charge on any atom is 0.259 e. The Morgan fingerprint density at radius 3 is 2.86 bits per heavy atom. The Labute approximate surface area is 131 Å². The molecule has 2 N–H and O–H groups in total. The molecule has 0 bridgehead atoms. The van der Waals surface area contributed by atoms with Gasteiger partial charge in [-0.1, -0.05) is 32.9 Å². The summed E-state index contributed by atoms with van der Waals surface area (Å²) in [6.07, 6.45) is 3.04. The van der Waals surface area contributed by atoms with Crippen LogP contribution >= 0.6 is 0 Å². The third-order valence-corrected chi connectivity index (χ3v) is 3.30. The standard InChI is InChI=1S/C17H22N4O/c1-4-18-9-13-6-5-7-14(8-13)21-17(22)15-10-19-11-20-16(15)12(2)3/h5-8,10-12,18H,4,9H2,1-3H3,(H,21,22). The highest BCUT2D eigenvalue weighted by atomic mass is 16.1. The van der Waals surface area contributed by atoms with E-state index >= 15 is 0 Å². The first-order valence-electron chi connectivity index (χ1n) is 7.52. The zero-order chi connectivity index (χ0) is 15.9. The van der Waals surface area contributed by atoms with Gasteiger partial charge in [-0.3, -0.25) is 4.79 Å². The summed E-state index contributed by atoms with van der Waals surface area (Å²) < 4.78 is 0. The van der Waals surface area contributed by atoms with E-state index in [1.807, 2.05) is 38.1 Å². The van der Waals surface area contributed by atoms with Gasteiger partial charge in [-0.2, -0.15) is 0 Å². The van der Waals surface area contributed by atoms with Crippen LogP contribution in [0.15, 0.2) is 36.8 Å². The van der Waals surface area contributed by atoms with Crippen molar-refractivity contribution in [2.24, 2.45) is 0 Å². The summed E-state index contributed by atoms with van der Waals surface area (Å²) in [5, 5.41) is 6.19. The van der Waals surface area contributed by atoms with Crippen LogP contribution in [-0.2, 0) is 6.54 Å². The number of rotatable bonds is 6. The van der Waals surface area contributed by atoms with Gasteiger partial charge in [0.1, 0.15) is 6.33 Å². The van der Waals surface area contributed by atoms with Crippen LogP contribution in [0.4, 0.5) is 5.69 Å². The topological polar surface area (TPSA) is 66.9 Å². The number of nitrogens with one attached hydrogen (secondary N) is 2. The third kappa shape index (κ3) is 4.11. The van der Waals surface area contributed by atoms with E-state index in [0.717, 1.165) is 30.0 Å². The number of amides is 1. The number of hydrogen-bond donors (Lipinski definition) is 2. The average molecular weight is 298 g/mol. The normalized spacial score (nSPS) is 10.7. The second-order valence-corrected chi connectivity index (χ2v) is 5.41. The molecule has 1 aromatic heterocycles. The lowest BCUT2D eigenvalue weighted by molar-refractivity contribution is 0.102. The van der Waals surface area contributed by atoms with Crippen LogP contribution in [0, 0.1) is 0 Å². The van der Waals surface area contributed by atoms with Gasteiger partial charge in [0.25, 0.3) is 5.91 Å². The van der Waals surface area contributed by atoms with Gasteiger partial charge in [0.05, 0.1) is 11.3 Å². The number of nitrogens with zero attached hydrogens (tertiary/aromatic N) is 2. The van der Waals surface area contributed by atoms with E-state index in [4.69, 9.17) is 0 Å². The van der Waals surface area contributed by atoms with E-state index in [2.05, 4.69) is 27.5 Å². The molecule has 0 aliphatic rings. The molecular weight excluding hydrogens is 276 g/mol. The maximum absolute atomic E-state index is 12.5. The van der Waals surface area contributed by atoms with E-state index in [9.17, 15) is 4.79 Å². The number of carbonyl (C=O) groups excluding carboxylic acids is 1. The van der Waals surface area contributed by atoms with E-state index < -0.39 is 0 Å². The number of aromatic nitrogens is 2. The lowest BCUT2D eigenvalue weighted by atomic mass is 10.0. The van der Waals surface area contributed by atoms with Gasteiger partial charge >= 0.3 is 0 Å². The molecule has 5 nitrogen and oxygen atoms in total. The molecule has 1 amide bonds. The summed E-state index contributed by atoms with van der Waals surface area (Å²) >= 11 is 0. The van der Waals surface area contributed by atoms with Crippen LogP contribution < -0.4 is 10.6 Å². The molecule has 5 heteroatoms. The summed E-state index contributed by atoms with van der Waals surface area (Å²) in [7, 11) is 0. The summed E-state index contributed by atoms with van der Waals surface area (Å²) in [6, 6.07) is 7.82. The zero-order valence-electron chi connectivity index (χ0n) is 13.3. The second-order valence-electron chi connectivity index (χ2n) is 5.41. The maximum atomic E-state index is 12.5. The Morgan fingerprint density at radius 1 is 1.32 bits per heavy atom. The zero-order valence-corrected chi connectivity index (χ0v) is 13.3. The number of hydrogen-bond acceptors (Lipinski definition) is 4. The average Bonchev–Trinajstić information content (AvgIpc) is 2.53. The Kier molecular flexibility index (Phi) is 5.61. The molecule has 116 valence electrons. The summed E-state index contributed by atoms with van der Waals surface area (Å²) in [5.74, 6) is -0.00580. The minimum absolute atomic E-state index is 0.170. The van der Waals surface area contributed by atoms with Gasteiger partial charge in [0, 0.05) is 18.4 Å². The first-order valence-corrected chi connectivity index (χ1v) is 7.52. The molecule has 2 aromatic rings. The quantitative estimate of drug-likeness (QED) is 0.860. The highest BCUT2D eigenvalue weighted by Gasteiger charge is 2.15. The van der Waals surface area contributed by atoms with Crippen molar-refractivity contribution in [1.29, 1.82) is 0 Å². The van der Waals surface area contributed by atoms with Crippen LogP contribution in [0.3, 0.4) is 0 Å². The summed E-state index contributed by atoms with van der Waals surface area (Å²) in [4.78, 5) is 20.6. The lowest BCUT2D eigenvalue weighted by Gasteiger charge is -2.11. The predicted octanol–water partition coefficient (Wildman–Crippen LogP) is 2.96. The van der Waals surface area contributed by atoms with Crippen molar-refractivity contribution in [2.75, 3.05) is 11.9 Å². The summed E-state index contributed by atoms with van der Waals surface area (Å²) in [5.41, 5.74) is 3.19. The largest absolute Gasteiger partial charge is 0.322 e. The fourth-order valence-electron chi connectivity index (χ4n) is 2.20. The fraction of sp³-hybridized carbons (Fsp3) is 0.353. The van der Waals surface area contributed by atoms with Crippen LogP contribution in [0.2, 0.25) is 0 Å². The van der Waals surface area contributed by atoms with Gasteiger partial charge in [0.2, 0.25) is 0 Å². The first-order chi connectivity index (χ1) is 10.6. The van der Waals surface area contributed by atoms with Crippen molar-refractivity contribution in [1.82, 2.24) is 15.3 Å². The molecule has 0 aliphatic heterocycles. The molecule has 0 unspecified atom stereocenters. The Balaban J connectivity index is 2.15. The van der Waals surface area contributed by atoms with Gasteiger partial charge < -0.3 is 10.6 Å². The third-order valence-electron chi connectivity index (χ3n) is 3.30. The van der Waals surface area contributed by atoms with E-state index in [0.29, 0.717) is 5.56 Å². The highest BCUT2D eigenvalue weighted by Crippen LogP contribution is 2.18. The molecule has 0 saturated carbocycles. The molecule has 0 radical (unpaired) electrons. The van der Waals surface area contributed by atoms with E-state index in [1.54, 1.807) is 6.20 Å². The minimum Gasteiger partial charge on any atom is -0.322 e. The molecule has 22 heavy (non-hydrogen) atoms. The van der Waals surface area contributed by atoms with E-state index in [1.165, 1.54) is 6.33 Å². The van der Waals surface area contributed by atoms with Crippen LogP contribution in [0.5, 0.6) is 0 Å². The SMILES string of the molecule is CCNCc1cccc(NC(=O)c2cncnc2C(C)C)c1. The molecule has 0 fully saturated rings. The molecular formula is C17H22N4O.